The summed E-state index contributed by atoms with van der Waals surface area (Å²) in [6.07, 6.45) is 3.91. The van der Waals surface area contributed by atoms with E-state index in [0.717, 1.165) is 30.8 Å². The predicted molar refractivity (Wildman–Crippen MR) is 77.8 cm³/mol. The zero-order chi connectivity index (χ0) is 12.7. The SMILES string of the molecule is C1CNC2CN(c3n[nH]c(C4CCSC4)n3)CC2C1. The molecule has 0 amide bonds. The van der Waals surface area contributed by atoms with Gasteiger partial charge in [-0.05, 0) is 37.5 Å². The maximum Gasteiger partial charge on any atom is 0.244 e. The number of piperidine rings is 1. The van der Waals surface area contributed by atoms with Gasteiger partial charge in [-0.25, -0.2) is 0 Å². The van der Waals surface area contributed by atoms with Crippen LogP contribution in [0.2, 0.25) is 0 Å². The number of aromatic amines is 1. The van der Waals surface area contributed by atoms with Crippen LogP contribution in [0.25, 0.3) is 0 Å². The fourth-order valence-corrected chi connectivity index (χ4v) is 4.78. The molecule has 1 aromatic rings. The third-order valence-corrected chi connectivity index (χ3v) is 5.85. The first-order chi connectivity index (χ1) is 9.40. The van der Waals surface area contributed by atoms with Crippen molar-refractivity contribution in [3.8, 4) is 0 Å². The monoisotopic (exact) mass is 279 g/mol. The van der Waals surface area contributed by atoms with Gasteiger partial charge in [-0.3, -0.25) is 5.10 Å². The standard InChI is InChI=1S/C13H21N5S/c1-2-9-6-18(7-11(9)14-4-1)13-15-12(16-17-13)10-3-5-19-8-10/h9-11,14H,1-8H2,(H,15,16,17). The highest BCUT2D eigenvalue weighted by Gasteiger charge is 2.36. The Morgan fingerprint density at radius 1 is 1.26 bits per heavy atom. The van der Waals surface area contributed by atoms with Crippen LogP contribution in [0, 0.1) is 5.92 Å². The maximum absolute atomic E-state index is 4.75. The van der Waals surface area contributed by atoms with Crippen LogP contribution >= 0.6 is 11.8 Å². The number of nitrogens with zero attached hydrogens (tertiary/aromatic N) is 3. The summed E-state index contributed by atoms with van der Waals surface area (Å²) in [7, 11) is 0. The third kappa shape index (κ3) is 2.25. The van der Waals surface area contributed by atoms with Crippen LogP contribution in [0.1, 0.15) is 31.0 Å². The van der Waals surface area contributed by atoms with E-state index in [9.17, 15) is 0 Å². The molecule has 0 aromatic carbocycles. The van der Waals surface area contributed by atoms with Gasteiger partial charge in [0.2, 0.25) is 5.95 Å². The Balaban J connectivity index is 1.47. The summed E-state index contributed by atoms with van der Waals surface area (Å²) in [5.41, 5.74) is 0. The molecule has 0 saturated carbocycles. The Hall–Kier alpha value is -0.750. The van der Waals surface area contributed by atoms with Crippen molar-refractivity contribution < 1.29 is 0 Å². The molecule has 0 spiro atoms. The summed E-state index contributed by atoms with van der Waals surface area (Å²) in [5, 5.41) is 11.3. The molecule has 3 aliphatic heterocycles. The molecule has 2 N–H and O–H groups in total. The van der Waals surface area contributed by atoms with Gasteiger partial charge in [0.25, 0.3) is 0 Å². The number of H-pyrrole nitrogens is 1. The number of aromatic nitrogens is 3. The lowest BCUT2D eigenvalue weighted by molar-refractivity contribution is 0.340. The van der Waals surface area contributed by atoms with Crippen molar-refractivity contribution >= 4 is 17.7 Å². The van der Waals surface area contributed by atoms with Crippen LogP contribution < -0.4 is 10.2 Å². The van der Waals surface area contributed by atoms with Gasteiger partial charge in [-0.1, -0.05) is 0 Å². The number of fused-ring (bicyclic) bond motifs is 1. The summed E-state index contributed by atoms with van der Waals surface area (Å²) < 4.78 is 0. The lowest BCUT2D eigenvalue weighted by atomic mass is 9.94. The van der Waals surface area contributed by atoms with Crippen molar-refractivity contribution in [1.82, 2.24) is 20.5 Å². The lowest BCUT2D eigenvalue weighted by Gasteiger charge is -2.24. The van der Waals surface area contributed by atoms with Gasteiger partial charge in [0.1, 0.15) is 5.82 Å². The number of thioether (sulfide) groups is 1. The van der Waals surface area contributed by atoms with Gasteiger partial charge < -0.3 is 10.2 Å². The van der Waals surface area contributed by atoms with Crippen LogP contribution in [0.3, 0.4) is 0 Å². The second kappa shape index (κ2) is 4.98. The lowest BCUT2D eigenvalue weighted by Crippen LogP contribution is -2.40. The predicted octanol–water partition coefficient (Wildman–Crippen LogP) is 1.21. The van der Waals surface area contributed by atoms with E-state index in [2.05, 4.69) is 20.4 Å². The van der Waals surface area contributed by atoms with Crippen molar-refractivity contribution in [3.63, 3.8) is 0 Å². The number of hydrogen-bond acceptors (Lipinski definition) is 5. The van der Waals surface area contributed by atoms with Gasteiger partial charge >= 0.3 is 0 Å². The van der Waals surface area contributed by atoms with Crippen LogP contribution in [0.4, 0.5) is 5.95 Å². The van der Waals surface area contributed by atoms with E-state index in [0.29, 0.717) is 12.0 Å². The molecule has 3 unspecified atom stereocenters. The molecule has 5 nitrogen and oxygen atoms in total. The van der Waals surface area contributed by atoms with Crippen molar-refractivity contribution in [2.24, 2.45) is 5.92 Å². The minimum atomic E-state index is 0.592. The summed E-state index contributed by atoms with van der Waals surface area (Å²) in [6.45, 7) is 3.36. The number of nitrogens with one attached hydrogen (secondary N) is 2. The molecule has 4 rings (SSSR count). The van der Waals surface area contributed by atoms with Crippen molar-refractivity contribution in [1.29, 1.82) is 0 Å². The summed E-state index contributed by atoms with van der Waals surface area (Å²) in [4.78, 5) is 7.11. The van der Waals surface area contributed by atoms with E-state index < -0.39 is 0 Å². The Labute approximate surface area is 117 Å². The molecule has 4 heterocycles. The molecule has 104 valence electrons. The Morgan fingerprint density at radius 2 is 2.26 bits per heavy atom. The van der Waals surface area contributed by atoms with Gasteiger partial charge in [0.15, 0.2) is 0 Å². The Kier molecular flexibility index (Phi) is 3.15. The summed E-state index contributed by atoms with van der Waals surface area (Å²) in [6, 6.07) is 0.651. The van der Waals surface area contributed by atoms with Crippen molar-refractivity contribution in [2.75, 3.05) is 36.0 Å². The molecule has 0 bridgehead atoms. The number of hydrogen-bond donors (Lipinski definition) is 2. The molecule has 3 atom stereocenters. The zero-order valence-corrected chi connectivity index (χ0v) is 12.0. The smallest absolute Gasteiger partial charge is 0.244 e. The quantitative estimate of drug-likeness (QED) is 0.852. The van der Waals surface area contributed by atoms with E-state index in [1.165, 1.54) is 37.3 Å². The highest BCUT2D eigenvalue weighted by atomic mass is 32.2. The van der Waals surface area contributed by atoms with E-state index in [1.807, 2.05) is 11.8 Å². The van der Waals surface area contributed by atoms with Gasteiger partial charge in [0, 0.05) is 30.8 Å². The Bertz CT molecular complexity index is 428. The van der Waals surface area contributed by atoms with Crippen LogP contribution in [0.5, 0.6) is 0 Å². The first-order valence-corrected chi connectivity index (χ1v) is 8.54. The molecule has 3 fully saturated rings. The molecule has 0 aliphatic carbocycles. The molecular weight excluding hydrogens is 258 g/mol. The van der Waals surface area contributed by atoms with Crippen molar-refractivity contribution in [3.05, 3.63) is 5.82 Å². The Morgan fingerprint density at radius 3 is 3.11 bits per heavy atom. The number of rotatable bonds is 2. The fourth-order valence-electron chi connectivity index (χ4n) is 3.55. The molecule has 1 aromatic heterocycles. The normalized spacial score (nSPS) is 34.7. The molecule has 6 heteroatoms. The van der Waals surface area contributed by atoms with E-state index in [4.69, 9.17) is 4.98 Å². The second-order valence-electron chi connectivity index (χ2n) is 5.95. The van der Waals surface area contributed by atoms with E-state index in [1.54, 1.807) is 0 Å². The van der Waals surface area contributed by atoms with Crippen LogP contribution in [-0.2, 0) is 0 Å². The third-order valence-electron chi connectivity index (χ3n) is 4.69. The molecule has 3 saturated heterocycles. The second-order valence-corrected chi connectivity index (χ2v) is 7.10. The first kappa shape index (κ1) is 12.0. The van der Waals surface area contributed by atoms with Crippen LogP contribution in [0.15, 0.2) is 0 Å². The largest absolute Gasteiger partial charge is 0.338 e. The first-order valence-electron chi connectivity index (χ1n) is 7.38. The highest BCUT2D eigenvalue weighted by molar-refractivity contribution is 7.99. The average molecular weight is 279 g/mol. The minimum absolute atomic E-state index is 0.592. The van der Waals surface area contributed by atoms with E-state index in [-0.39, 0.29) is 0 Å². The van der Waals surface area contributed by atoms with E-state index >= 15 is 0 Å². The maximum atomic E-state index is 4.75. The molecule has 19 heavy (non-hydrogen) atoms. The topological polar surface area (TPSA) is 56.8 Å². The minimum Gasteiger partial charge on any atom is -0.338 e. The van der Waals surface area contributed by atoms with Gasteiger partial charge in [-0.15, -0.1) is 5.10 Å². The number of anilines is 1. The molecule has 0 radical (unpaired) electrons. The fraction of sp³-hybridized carbons (Fsp3) is 0.846. The molecular formula is C13H21N5S. The summed E-state index contributed by atoms with van der Waals surface area (Å²) >= 11 is 2.02. The van der Waals surface area contributed by atoms with Gasteiger partial charge in [-0.2, -0.15) is 16.7 Å². The van der Waals surface area contributed by atoms with Crippen molar-refractivity contribution in [2.45, 2.75) is 31.2 Å². The zero-order valence-electron chi connectivity index (χ0n) is 11.1. The highest BCUT2D eigenvalue weighted by Crippen LogP contribution is 2.32. The summed E-state index contributed by atoms with van der Waals surface area (Å²) in [5.74, 6) is 5.86. The molecule has 3 aliphatic rings. The van der Waals surface area contributed by atoms with Crippen LogP contribution in [-0.4, -0.2) is 52.4 Å². The average Bonchev–Trinajstić information content (AvgIpc) is 3.17. The van der Waals surface area contributed by atoms with Gasteiger partial charge in [0.05, 0.1) is 0 Å².